The van der Waals surface area contributed by atoms with Crippen LogP contribution in [0.3, 0.4) is 0 Å². The highest BCUT2D eigenvalue weighted by atomic mass is 32.2. The quantitative estimate of drug-likeness (QED) is 0.571. The maximum absolute atomic E-state index is 11.6. The van der Waals surface area contributed by atoms with Crippen molar-refractivity contribution in [2.24, 2.45) is 0 Å². The van der Waals surface area contributed by atoms with Crippen molar-refractivity contribution in [2.75, 3.05) is 12.9 Å². The number of aromatic nitrogens is 1. The van der Waals surface area contributed by atoms with Crippen molar-refractivity contribution in [3.8, 4) is 0 Å². The van der Waals surface area contributed by atoms with Gasteiger partial charge in [-0.15, -0.1) is 11.3 Å². The van der Waals surface area contributed by atoms with Crippen molar-refractivity contribution in [2.45, 2.75) is 45.8 Å². The molecule has 2 heterocycles. The maximum atomic E-state index is 11.6. The molecule has 1 aliphatic rings. The van der Waals surface area contributed by atoms with Crippen molar-refractivity contribution < 1.29 is 23.6 Å². The van der Waals surface area contributed by atoms with E-state index in [-0.39, 0.29) is 10.8 Å². The lowest BCUT2D eigenvalue weighted by atomic mass is 9.79. The Bertz CT molecular complexity index is 682. The summed E-state index contributed by atoms with van der Waals surface area (Å²) in [6.45, 7) is 9.41. The van der Waals surface area contributed by atoms with Crippen molar-refractivity contribution in [1.29, 1.82) is 0 Å². The van der Waals surface area contributed by atoms with E-state index in [9.17, 15) is 9.59 Å². The fourth-order valence-electron chi connectivity index (χ4n) is 2.07. The van der Waals surface area contributed by atoms with E-state index in [0.29, 0.717) is 10.8 Å². The zero-order valence-electron chi connectivity index (χ0n) is 15.2. The molecule has 9 heteroatoms. The first-order chi connectivity index (χ1) is 11.6. The van der Waals surface area contributed by atoms with E-state index in [4.69, 9.17) is 9.31 Å². The van der Waals surface area contributed by atoms with E-state index in [1.54, 1.807) is 5.38 Å². The van der Waals surface area contributed by atoms with Gasteiger partial charge in [0.1, 0.15) is 5.01 Å². The summed E-state index contributed by atoms with van der Waals surface area (Å²) in [5.41, 5.74) is 0.103. The number of carbonyl (C=O) groups is 2. The molecule has 1 fully saturated rings. The Kier molecular flexibility index (Phi) is 6.14. The predicted octanol–water partition coefficient (Wildman–Crippen LogP) is 3.22. The van der Waals surface area contributed by atoms with Crippen LogP contribution in [0.2, 0.25) is 0 Å². The SMILES string of the molecule is COC(=O)c1csc(C=C(CSC(C)=O)B2OC(C)(C)C(C)(C)O2)n1. The van der Waals surface area contributed by atoms with Gasteiger partial charge in [-0.3, -0.25) is 4.79 Å². The van der Waals surface area contributed by atoms with Gasteiger partial charge in [0, 0.05) is 18.1 Å². The lowest BCUT2D eigenvalue weighted by Crippen LogP contribution is -2.41. The Morgan fingerprint density at radius 2 is 1.92 bits per heavy atom. The zero-order valence-corrected chi connectivity index (χ0v) is 16.9. The number of rotatable bonds is 5. The first-order valence-corrected chi connectivity index (χ1v) is 9.65. The van der Waals surface area contributed by atoms with Gasteiger partial charge in [-0.25, -0.2) is 9.78 Å². The van der Waals surface area contributed by atoms with Gasteiger partial charge < -0.3 is 14.0 Å². The van der Waals surface area contributed by atoms with Crippen LogP contribution in [0.5, 0.6) is 0 Å². The maximum Gasteiger partial charge on any atom is 0.491 e. The number of thiazole rings is 1. The highest BCUT2D eigenvalue weighted by Crippen LogP contribution is 2.39. The van der Waals surface area contributed by atoms with Crippen LogP contribution in [0, 0.1) is 0 Å². The van der Waals surface area contributed by atoms with Crippen LogP contribution in [0.4, 0.5) is 0 Å². The molecule has 0 bridgehead atoms. The van der Waals surface area contributed by atoms with Crippen molar-refractivity contribution in [1.82, 2.24) is 4.98 Å². The number of carbonyl (C=O) groups excluding carboxylic acids is 2. The first-order valence-electron chi connectivity index (χ1n) is 7.79. The summed E-state index contributed by atoms with van der Waals surface area (Å²) in [5, 5.41) is 2.28. The number of thioether (sulfide) groups is 1. The van der Waals surface area contributed by atoms with Crippen LogP contribution in [0.1, 0.15) is 50.1 Å². The molecule has 136 valence electrons. The van der Waals surface area contributed by atoms with Gasteiger partial charge in [-0.2, -0.15) is 0 Å². The summed E-state index contributed by atoms with van der Waals surface area (Å²) < 4.78 is 16.8. The largest absolute Gasteiger partial charge is 0.491 e. The fourth-order valence-corrected chi connectivity index (χ4v) is 3.41. The van der Waals surface area contributed by atoms with Crippen LogP contribution in [0.25, 0.3) is 6.08 Å². The molecular weight excluding hydrogens is 361 g/mol. The third kappa shape index (κ3) is 4.72. The van der Waals surface area contributed by atoms with Gasteiger partial charge >= 0.3 is 13.1 Å². The van der Waals surface area contributed by atoms with Crippen LogP contribution in [-0.4, -0.2) is 47.3 Å². The third-order valence-corrected chi connectivity index (χ3v) is 5.90. The molecule has 1 aliphatic heterocycles. The van der Waals surface area contributed by atoms with E-state index in [0.717, 1.165) is 5.47 Å². The van der Waals surface area contributed by atoms with E-state index in [2.05, 4.69) is 9.72 Å². The molecule has 0 spiro atoms. The molecule has 0 radical (unpaired) electrons. The number of hydrogen-bond donors (Lipinski definition) is 0. The minimum atomic E-state index is -0.567. The summed E-state index contributed by atoms with van der Waals surface area (Å²) in [4.78, 5) is 27.2. The number of nitrogens with zero attached hydrogens (tertiary/aromatic N) is 1. The monoisotopic (exact) mass is 383 g/mol. The van der Waals surface area contributed by atoms with Crippen LogP contribution in [0.15, 0.2) is 10.9 Å². The molecule has 6 nitrogen and oxygen atoms in total. The minimum Gasteiger partial charge on any atom is -0.464 e. The fraction of sp³-hybridized carbons (Fsp3) is 0.562. The summed E-state index contributed by atoms with van der Waals surface area (Å²) in [5.74, 6) is -0.0505. The van der Waals surface area contributed by atoms with Gasteiger partial charge in [0.05, 0.1) is 18.3 Å². The van der Waals surface area contributed by atoms with Crippen LogP contribution < -0.4 is 0 Å². The van der Waals surface area contributed by atoms with Crippen molar-refractivity contribution in [3.63, 3.8) is 0 Å². The van der Waals surface area contributed by atoms with Gasteiger partial charge in [0.25, 0.3) is 0 Å². The third-order valence-electron chi connectivity index (χ3n) is 4.22. The highest BCUT2D eigenvalue weighted by Gasteiger charge is 2.52. The van der Waals surface area contributed by atoms with Crippen molar-refractivity contribution >= 4 is 47.4 Å². The second-order valence-corrected chi connectivity index (χ2v) is 8.69. The average molecular weight is 383 g/mol. The Morgan fingerprint density at radius 1 is 1.32 bits per heavy atom. The highest BCUT2D eigenvalue weighted by molar-refractivity contribution is 8.13. The molecule has 1 aromatic heterocycles. The second kappa shape index (κ2) is 7.61. The molecule has 0 N–H and O–H groups in total. The lowest BCUT2D eigenvalue weighted by molar-refractivity contribution is -0.109. The Labute approximate surface area is 156 Å². The van der Waals surface area contributed by atoms with Gasteiger partial charge in [-0.05, 0) is 39.2 Å². The van der Waals surface area contributed by atoms with Gasteiger partial charge in [0.15, 0.2) is 10.8 Å². The average Bonchev–Trinajstić information content (AvgIpc) is 3.05. The molecule has 0 unspecified atom stereocenters. The number of ether oxygens (including phenoxy) is 1. The first kappa shape index (κ1) is 20.2. The number of methoxy groups -OCH3 is 1. The molecule has 0 aliphatic carbocycles. The lowest BCUT2D eigenvalue weighted by Gasteiger charge is -2.32. The summed E-state index contributed by atoms with van der Waals surface area (Å²) in [6.07, 6.45) is 1.81. The predicted molar refractivity (Wildman–Crippen MR) is 101 cm³/mol. The van der Waals surface area contributed by atoms with Crippen molar-refractivity contribution in [3.05, 3.63) is 21.6 Å². The molecule has 0 amide bonds. The van der Waals surface area contributed by atoms with Gasteiger partial charge in [-0.1, -0.05) is 11.8 Å². The second-order valence-electron chi connectivity index (χ2n) is 6.65. The molecular formula is C16H22BNO5S2. The Morgan fingerprint density at radius 3 is 2.44 bits per heavy atom. The molecule has 2 rings (SSSR count). The molecule has 0 atom stereocenters. The normalized spacial score (nSPS) is 19.1. The van der Waals surface area contributed by atoms with E-state index in [1.807, 2.05) is 33.8 Å². The Hall–Kier alpha value is -1.16. The molecule has 0 saturated carbocycles. The number of hydrogen-bond acceptors (Lipinski definition) is 8. The number of esters is 1. The molecule has 0 aromatic carbocycles. The van der Waals surface area contributed by atoms with Gasteiger partial charge in [0.2, 0.25) is 0 Å². The van der Waals surface area contributed by atoms with Crippen LogP contribution in [-0.2, 0) is 18.8 Å². The van der Waals surface area contributed by atoms with E-state index >= 15 is 0 Å². The molecule has 1 saturated heterocycles. The molecule has 1 aromatic rings. The van der Waals surface area contributed by atoms with Crippen LogP contribution >= 0.6 is 23.1 Å². The summed E-state index contributed by atoms with van der Waals surface area (Å²) in [7, 11) is 0.749. The zero-order chi connectivity index (χ0) is 18.8. The smallest absolute Gasteiger partial charge is 0.464 e. The topological polar surface area (TPSA) is 74.7 Å². The molecule has 25 heavy (non-hydrogen) atoms. The van der Waals surface area contributed by atoms with E-state index < -0.39 is 24.3 Å². The minimum absolute atomic E-state index is 0.0109. The summed E-state index contributed by atoms with van der Waals surface area (Å²) in [6, 6.07) is 0. The standard InChI is InChI=1S/C16H22BNO5S2/c1-10(19)24-8-11(17-22-15(2,3)16(4,5)23-17)7-13-18-12(9-25-13)14(20)21-6/h7,9H,8H2,1-6H3. The Balaban J connectivity index is 2.28. The summed E-state index contributed by atoms with van der Waals surface area (Å²) >= 11 is 2.50. The van der Waals surface area contributed by atoms with E-state index in [1.165, 1.54) is 37.1 Å².